The first kappa shape index (κ1) is 19.0. The molecule has 0 bridgehead atoms. The van der Waals surface area contributed by atoms with E-state index in [0.29, 0.717) is 19.6 Å². The van der Waals surface area contributed by atoms with E-state index in [4.69, 9.17) is 15.9 Å². The monoisotopic (exact) mass is 341 g/mol. The molecule has 2 rings (SSSR count). The van der Waals surface area contributed by atoms with Gasteiger partial charge in [0.1, 0.15) is 5.75 Å². The molecule has 0 saturated heterocycles. The molecular weight excluding hydrogens is 314 g/mol. The molecule has 1 aromatic heterocycles. The number of methoxy groups -OCH3 is 1. The number of rotatable bonds is 10. The topological polar surface area (TPSA) is 48.3 Å². The predicted octanol–water partition coefficient (Wildman–Crippen LogP) is 2.84. The molecule has 1 heterocycles. The Bertz CT molecular complexity index is 699. The van der Waals surface area contributed by atoms with E-state index in [1.807, 2.05) is 16.8 Å². The summed E-state index contributed by atoms with van der Waals surface area (Å²) >= 11 is 0. The van der Waals surface area contributed by atoms with Gasteiger partial charge < -0.3 is 14.8 Å². The fourth-order valence-electron chi connectivity index (χ4n) is 2.65. The van der Waals surface area contributed by atoms with Crippen LogP contribution in [-0.2, 0) is 24.4 Å². The highest BCUT2D eigenvalue weighted by atomic mass is 16.5. The summed E-state index contributed by atoms with van der Waals surface area (Å²) in [6.45, 7) is 7.76. The molecule has 134 valence electrons. The highest BCUT2D eigenvalue weighted by molar-refractivity contribution is 5.28. The Balaban J connectivity index is 1.84. The summed E-state index contributed by atoms with van der Waals surface area (Å²) in [6.07, 6.45) is 5.84. The van der Waals surface area contributed by atoms with Crippen molar-refractivity contribution in [3.8, 4) is 18.1 Å². The van der Waals surface area contributed by atoms with E-state index >= 15 is 0 Å². The maximum Gasteiger partial charge on any atom is 0.119 e. The Kier molecular flexibility index (Phi) is 7.52. The van der Waals surface area contributed by atoms with Crippen LogP contribution in [0.25, 0.3) is 0 Å². The fraction of sp³-hybridized carbons (Fsp3) is 0.450. The standard InChI is InChI=1S/C20H27N3O2/c1-5-6-12-25-19-9-7-18(8-10-19)14-21-15-20-16(2)22-23(17(20)3)11-13-24-4/h1,7-10,21H,6,11-15H2,2-4H3. The normalized spacial score (nSPS) is 10.6. The van der Waals surface area contributed by atoms with Crippen molar-refractivity contribution in [3.05, 3.63) is 46.8 Å². The number of hydrogen-bond acceptors (Lipinski definition) is 4. The number of aryl methyl sites for hydroxylation is 1. The predicted molar refractivity (Wildman–Crippen MR) is 99.5 cm³/mol. The van der Waals surface area contributed by atoms with E-state index < -0.39 is 0 Å². The van der Waals surface area contributed by atoms with Crippen molar-refractivity contribution in [2.45, 2.75) is 39.9 Å². The van der Waals surface area contributed by atoms with Crippen molar-refractivity contribution in [3.63, 3.8) is 0 Å². The van der Waals surface area contributed by atoms with Gasteiger partial charge in [0.2, 0.25) is 0 Å². The first-order chi connectivity index (χ1) is 12.2. The van der Waals surface area contributed by atoms with Crippen LogP contribution in [0.1, 0.15) is 28.9 Å². The summed E-state index contributed by atoms with van der Waals surface area (Å²) in [5.41, 5.74) is 4.73. The second kappa shape index (κ2) is 9.87. The molecule has 0 aliphatic heterocycles. The maximum absolute atomic E-state index is 5.56. The minimum absolute atomic E-state index is 0.555. The van der Waals surface area contributed by atoms with Gasteiger partial charge in [-0.15, -0.1) is 12.3 Å². The lowest BCUT2D eigenvalue weighted by Gasteiger charge is -2.08. The van der Waals surface area contributed by atoms with Gasteiger partial charge in [0.05, 0.1) is 25.5 Å². The molecule has 5 nitrogen and oxygen atoms in total. The van der Waals surface area contributed by atoms with Crippen LogP contribution in [0, 0.1) is 26.2 Å². The van der Waals surface area contributed by atoms with Crippen molar-refractivity contribution in [2.24, 2.45) is 0 Å². The van der Waals surface area contributed by atoms with Gasteiger partial charge in [0.15, 0.2) is 0 Å². The second-order valence-electron chi connectivity index (χ2n) is 5.92. The van der Waals surface area contributed by atoms with Crippen LogP contribution in [0.5, 0.6) is 5.75 Å². The number of terminal acetylenes is 1. The van der Waals surface area contributed by atoms with Gasteiger partial charge in [-0.3, -0.25) is 4.68 Å². The third-order valence-electron chi connectivity index (χ3n) is 4.11. The summed E-state index contributed by atoms with van der Waals surface area (Å²) in [5.74, 6) is 3.42. The Hall–Kier alpha value is -2.29. The van der Waals surface area contributed by atoms with Crippen LogP contribution >= 0.6 is 0 Å². The van der Waals surface area contributed by atoms with Gasteiger partial charge in [-0.1, -0.05) is 12.1 Å². The fourth-order valence-corrected chi connectivity index (χ4v) is 2.65. The number of hydrogen-bond donors (Lipinski definition) is 1. The average molecular weight is 341 g/mol. The lowest BCUT2D eigenvalue weighted by atomic mass is 10.2. The number of nitrogens with one attached hydrogen (secondary N) is 1. The molecule has 0 saturated carbocycles. The molecule has 0 radical (unpaired) electrons. The van der Waals surface area contributed by atoms with Crippen molar-refractivity contribution >= 4 is 0 Å². The Labute approximate surface area is 150 Å². The molecular formula is C20H27N3O2. The van der Waals surface area contributed by atoms with Crippen molar-refractivity contribution < 1.29 is 9.47 Å². The summed E-state index contributed by atoms with van der Waals surface area (Å²) in [7, 11) is 1.71. The second-order valence-corrected chi connectivity index (χ2v) is 5.92. The van der Waals surface area contributed by atoms with Crippen LogP contribution in [0.3, 0.4) is 0 Å². The summed E-state index contributed by atoms with van der Waals surface area (Å²) in [5, 5.41) is 8.08. The third kappa shape index (κ3) is 5.63. The molecule has 2 aromatic rings. The van der Waals surface area contributed by atoms with E-state index in [2.05, 4.69) is 42.3 Å². The average Bonchev–Trinajstić information content (AvgIpc) is 2.89. The molecule has 0 amide bonds. The Morgan fingerprint density at radius 1 is 1.16 bits per heavy atom. The number of benzene rings is 1. The minimum atomic E-state index is 0.555. The van der Waals surface area contributed by atoms with Gasteiger partial charge in [-0.05, 0) is 31.5 Å². The number of ether oxygens (including phenoxy) is 2. The lowest BCUT2D eigenvalue weighted by molar-refractivity contribution is 0.182. The SMILES string of the molecule is C#CCCOc1ccc(CNCc2c(C)nn(CCOC)c2C)cc1. The van der Waals surface area contributed by atoms with E-state index in [1.165, 1.54) is 16.8 Å². The van der Waals surface area contributed by atoms with Crippen molar-refractivity contribution in [1.29, 1.82) is 0 Å². The highest BCUT2D eigenvalue weighted by Crippen LogP contribution is 2.15. The molecule has 0 fully saturated rings. The zero-order valence-electron chi connectivity index (χ0n) is 15.3. The zero-order chi connectivity index (χ0) is 18.1. The van der Waals surface area contributed by atoms with E-state index in [9.17, 15) is 0 Å². The summed E-state index contributed by atoms with van der Waals surface area (Å²) < 4.78 is 12.7. The molecule has 0 unspecified atom stereocenters. The van der Waals surface area contributed by atoms with Crippen LogP contribution in [-0.4, -0.2) is 30.1 Å². The molecule has 0 spiro atoms. The molecule has 1 N–H and O–H groups in total. The van der Waals surface area contributed by atoms with Gasteiger partial charge in [-0.25, -0.2) is 0 Å². The third-order valence-corrected chi connectivity index (χ3v) is 4.11. The van der Waals surface area contributed by atoms with Gasteiger partial charge >= 0.3 is 0 Å². The molecule has 0 aliphatic carbocycles. The number of aromatic nitrogens is 2. The van der Waals surface area contributed by atoms with Crippen molar-refractivity contribution in [1.82, 2.24) is 15.1 Å². The Morgan fingerprint density at radius 3 is 2.60 bits per heavy atom. The summed E-state index contributed by atoms with van der Waals surface area (Å²) in [4.78, 5) is 0. The van der Waals surface area contributed by atoms with Crippen LogP contribution in [0.2, 0.25) is 0 Å². The van der Waals surface area contributed by atoms with E-state index in [1.54, 1.807) is 7.11 Å². The first-order valence-corrected chi connectivity index (χ1v) is 8.53. The quantitative estimate of drug-likeness (QED) is 0.533. The molecule has 0 atom stereocenters. The van der Waals surface area contributed by atoms with E-state index in [-0.39, 0.29) is 0 Å². The Morgan fingerprint density at radius 2 is 1.92 bits per heavy atom. The smallest absolute Gasteiger partial charge is 0.119 e. The lowest BCUT2D eigenvalue weighted by Crippen LogP contribution is -2.14. The zero-order valence-corrected chi connectivity index (χ0v) is 15.3. The van der Waals surface area contributed by atoms with Gasteiger partial charge in [0, 0.05) is 37.9 Å². The van der Waals surface area contributed by atoms with E-state index in [0.717, 1.165) is 31.1 Å². The molecule has 1 aromatic carbocycles. The maximum atomic E-state index is 5.56. The minimum Gasteiger partial charge on any atom is -0.493 e. The largest absolute Gasteiger partial charge is 0.493 e. The van der Waals surface area contributed by atoms with Crippen LogP contribution < -0.4 is 10.1 Å². The van der Waals surface area contributed by atoms with Gasteiger partial charge in [-0.2, -0.15) is 5.10 Å². The van der Waals surface area contributed by atoms with Crippen LogP contribution in [0.4, 0.5) is 0 Å². The molecule has 25 heavy (non-hydrogen) atoms. The van der Waals surface area contributed by atoms with Crippen LogP contribution in [0.15, 0.2) is 24.3 Å². The van der Waals surface area contributed by atoms with Gasteiger partial charge in [0.25, 0.3) is 0 Å². The summed E-state index contributed by atoms with van der Waals surface area (Å²) in [6, 6.07) is 8.10. The highest BCUT2D eigenvalue weighted by Gasteiger charge is 2.10. The van der Waals surface area contributed by atoms with Crippen molar-refractivity contribution in [2.75, 3.05) is 20.3 Å². The molecule has 0 aliphatic rings. The number of nitrogens with zero attached hydrogens (tertiary/aromatic N) is 2. The first-order valence-electron chi connectivity index (χ1n) is 8.53. The molecule has 5 heteroatoms.